The van der Waals surface area contributed by atoms with Gasteiger partial charge in [-0.3, -0.25) is 0 Å². The molecule has 0 heterocycles. The summed E-state index contributed by atoms with van der Waals surface area (Å²) >= 11 is 0. The molecule has 76 valence electrons. The molecule has 3 heteroatoms. The van der Waals surface area contributed by atoms with Crippen molar-refractivity contribution in [3.05, 3.63) is 0 Å². The van der Waals surface area contributed by atoms with E-state index in [-0.39, 0.29) is 18.5 Å². The molecule has 1 N–H and O–H groups in total. The number of aliphatic hydroxyl groups excluding tert-OH is 1. The van der Waals surface area contributed by atoms with E-state index in [1.165, 1.54) is 6.42 Å². The lowest BCUT2D eigenvalue weighted by Gasteiger charge is -2.10. The van der Waals surface area contributed by atoms with Crippen LogP contribution in [0.2, 0.25) is 0 Å². The van der Waals surface area contributed by atoms with Gasteiger partial charge < -0.3 is 10.0 Å². The molecule has 0 bridgehead atoms. The summed E-state index contributed by atoms with van der Waals surface area (Å²) in [6.45, 7) is 3.16. The Balaban J connectivity index is 0. The van der Waals surface area contributed by atoms with Crippen molar-refractivity contribution in [3.8, 4) is 0 Å². The minimum Gasteiger partial charge on any atom is -0.393 e. The van der Waals surface area contributed by atoms with Crippen molar-refractivity contribution in [3.63, 3.8) is 0 Å². The van der Waals surface area contributed by atoms with Gasteiger partial charge in [-0.05, 0) is 46.3 Å². The van der Waals surface area contributed by atoms with Crippen LogP contribution in [0, 0.1) is 0 Å². The van der Waals surface area contributed by atoms with Crippen LogP contribution in [0.3, 0.4) is 0 Å². The maximum absolute atomic E-state index is 9.21. The van der Waals surface area contributed by atoms with Gasteiger partial charge in [-0.15, -0.1) is 12.4 Å². The summed E-state index contributed by atoms with van der Waals surface area (Å²) in [6, 6.07) is 0. The van der Waals surface area contributed by atoms with Gasteiger partial charge >= 0.3 is 0 Å². The third kappa shape index (κ3) is 10.2. The Hall–Kier alpha value is 0.210. The van der Waals surface area contributed by atoms with Crippen LogP contribution < -0.4 is 0 Å². The molecule has 0 radical (unpaired) electrons. The van der Waals surface area contributed by atoms with Crippen LogP contribution in [0.25, 0.3) is 0 Å². The van der Waals surface area contributed by atoms with Crippen LogP contribution in [0.1, 0.15) is 32.6 Å². The van der Waals surface area contributed by atoms with Crippen molar-refractivity contribution in [2.24, 2.45) is 0 Å². The number of hydrogen-bond donors (Lipinski definition) is 1. The zero-order valence-electron chi connectivity index (χ0n) is 8.42. The number of aliphatic hydroxyl groups is 1. The van der Waals surface area contributed by atoms with Crippen LogP contribution in [-0.4, -0.2) is 36.8 Å². The quantitative estimate of drug-likeness (QED) is 0.655. The lowest BCUT2D eigenvalue weighted by atomic mass is 10.1. The molecule has 1 unspecified atom stereocenters. The number of unbranched alkanes of at least 4 members (excludes halogenated alkanes) is 1. The largest absolute Gasteiger partial charge is 0.393 e. The van der Waals surface area contributed by atoms with Crippen molar-refractivity contribution < 1.29 is 5.11 Å². The van der Waals surface area contributed by atoms with Gasteiger partial charge in [0.15, 0.2) is 0 Å². The molecule has 0 aliphatic heterocycles. The number of halogens is 1. The SMILES string of the molecule is CCC(O)CCCCN(C)C.Cl. The van der Waals surface area contributed by atoms with Crippen molar-refractivity contribution >= 4 is 12.4 Å². The molecular formula is C9H22ClNO. The van der Waals surface area contributed by atoms with Crippen LogP contribution >= 0.6 is 12.4 Å². The molecule has 0 saturated carbocycles. The molecular weight excluding hydrogens is 174 g/mol. The molecule has 0 aliphatic rings. The van der Waals surface area contributed by atoms with Crippen molar-refractivity contribution in [2.45, 2.75) is 38.7 Å². The molecule has 0 saturated heterocycles. The Bertz CT molecular complexity index is 88.6. The second-order valence-corrected chi connectivity index (χ2v) is 3.36. The molecule has 0 spiro atoms. The molecule has 0 aromatic heterocycles. The summed E-state index contributed by atoms with van der Waals surface area (Å²) in [6.07, 6.45) is 4.13. The van der Waals surface area contributed by atoms with Gasteiger partial charge in [0.1, 0.15) is 0 Å². The first-order valence-electron chi connectivity index (χ1n) is 4.49. The van der Waals surface area contributed by atoms with E-state index in [0.717, 1.165) is 25.8 Å². The Morgan fingerprint density at radius 3 is 2.25 bits per heavy atom. The Labute approximate surface area is 82.4 Å². The van der Waals surface area contributed by atoms with E-state index in [4.69, 9.17) is 0 Å². The summed E-state index contributed by atoms with van der Waals surface area (Å²) in [4.78, 5) is 2.18. The number of nitrogens with zero attached hydrogens (tertiary/aromatic N) is 1. The van der Waals surface area contributed by atoms with Gasteiger partial charge in [-0.25, -0.2) is 0 Å². The smallest absolute Gasteiger partial charge is 0.0537 e. The standard InChI is InChI=1S/C9H21NO.ClH/c1-4-9(11)7-5-6-8-10(2)3;/h9,11H,4-8H2,1-3H3;1H. The summed E-state index contributed by atoms with van der Waals surface area (Å²) in [7, 11) is 4.16. The lowest BCUT2D eigenvalue weighted by molar-refractivity contribution is 0.155. The Morgan fingerprint density at radius 2 is 1.83 bits per heavy atom. The maximum atomic E-state index is 9.21. The molecule has 2 nitrogen and oxygen atoms in total. The van der Waals surface area contributed by atoms with Gasteiger partial charge in [0.2, 0.25) is 0 Å². The van der Waals surface area contributed by atoms with E-state index < -0.39 is 0 Å². The highest BCUT2D eigenvalue weighted by molar-refractivity contribution is 5.85. The number of rotatable bonds is 6. The molecule has 0 aliphatic carbocycles. The molecule has 1 atom stereocenters. The topological polar surface area (TPSA) is 23.5 Å². The number of hydrogen-bond acceptors (Lipinski definition) is 2. The second-order valence-electron chi connectivity index (χ2n) is 3.36. The average Bonchev–Trinajstić information content (AvgIpc) is 1.97. The van der Waals surface area contributed by atoms with E-state index in [0.29, 0.717) is 0 Å². The average molecular weight is 196 g/mol. The zero-order valence-corrected chi connectivity index (χ0v) is 9.23. The van der Waals surface area contributed by atoms with Gasteiger partial charge in [-0.1, -0.05) is 6.92 Å². The van der Waals surface area contributed by atoms with E-state index >= 15 is 0 Å². The Kier molecular flexibility index (Phi) is 11.4. The first kappa shape index (κ1) is 14.7. The molecule has 0 aromatic rings. The first-order chi connectivity index (χ1) is 5.16. The predicted molar refractivity (Wildman–Crippen MR) is 56.0 cm³/mol. The highest BCUT2D eigenvalue weighted by Crippen LogP contribution is 2.03. The van der Waals surface area contributed by atoms with Gasteiger partial charge in [0.25, 0.3) is 0 Å². The van der Waals surface area contributed by atoms with Gasteiger partial charge in [-0.2, -0.15) is 0 Å². The van der Waals surface area contributed by atoms with Crippen molar-refractivity contribution in [1.82, 2.24) is 4.90 Å². The summed E-state index contributed by atoms with van der Waals surface area (Å²) < 4.78 is 0. The van der Waals surface area contributed by atoms with Crippen molar-refractivity contribution in [1.29, 1.82) is 0 Å². The van der Waals surface area contributed by atoms with Crippen LogP contribution in [0.15, 0.2) is 0 Å². The summed E-state index contributed by atoms with van der Waals surface area (Å²) in [5.74, 6) is 0. The lowest BCUT2D eigenvalue weighted by Crippen LogP contribution is -2.13. The van der Waals surface area contributed by atoms with E-state index in [1.54, 1.807) is 0 Å². The maximum Gasteiger partial charge on any atom is 0.0537 e. The normalized spacial score (nSPS) is 12.8. The minimum absolute atomic E-state index is 0. The molecule has 12 heavy (non-hydrogen) atoms. The minimum atomic E-state index is -0.0721. The fourth-order valence-corrected chi connectivity index (χ4v) is 1.01. The Morgan fingerprint density at radius 1 is 1.25 bits per heavy atom. The summed E-state index contributed by atoms with van der Waals surface area (Å²) in [5.41, 5.74) is 0. The van der Waals surface area contributed by atoms with Crippen LogP contribution in [0.5, 0.6) is 0 Å². The van der Waals surface area contributed by atoms with Gasteiger partial charge in [0.05, 0.1) is 6.10 Å². The van der Waals surface area contributed by atoms with Crippen LogP contribution in [0.4, 0.5) is 0 Å². The highest BCUT2D eigenvalue weighted by atomic mass is 35.5. The molecule has 0 fully saturated rings. The second kappa shape index (κ2) is 9.30. The fraction of sp³-hybridized carbons (Fsp3) is 1.00. The molecule has 0 amide bonds. The fourth-order valence-electron chi connectivity index (χ4n) is 1.01. The highest BCUT2D eigenvalue weighted by Gasteiger charge is 1.99. The van der Waals surface area contributed by atoms with E-state index in [9.17, 15) is 5.11 Å². The third-order valence-electron chi connectivity index (χ3n) is 1.86. The van der Waals surface area contributed by atoms with Gasteiger partial charge in [0, 0.05) is 0 Å². The molecule has 0 aromatic carbocycles. The van der Waals surface area contributed by atoms with Crippen LogP contribution in [-0.2, 0) is 0 Å². The first-order valence-corrected chi connectivity index (χ1v) is 4.49. The van der Waals surface area contributed by atoms with Crippen molar-refractivity contribution in [2.75, 3.05) is 20.6 Å². The predicted octanol–water partition coefficient (Wildman–Crippen LogP) is 1.91. The zero-order chi connectivity index (χ0) is 8.69. The van der Waals surface area contributed by atoms with E-state index in [1.807, 2.05) is 6.92 Å². The monoisotopic (exact) mass is 195 g/mol. The van der Waals surface area contributed by atoms with E-state index in [2.05, 4.69) is 19.0 Å². The third-order valence-corrected chi connectivity index (χ3v) is 1.86. The summed E-state index contributed by atoms with van der Waals surface area (Å²) in [5, 5.41) is 9.21. The molecule has 0 rings (SSSR count).